The molecule has 0 amide bonds. The van der Waals surface area contributed by atoms with E-state index in [-0.39, 0.29) is 31.1 Å². The van der Waals surface area contributed by atoms with Crippen molar-refractivity contribution in [1.82, 2.24) is 0 Å². The number of hydrogen-bond donors (Lipinski definition) is 0. The van der Waals surface area contributed by atoms with Crippen LogP contribution in [0.1, 0.15) is 304 Å². The van der Waals surface area contributed by atoms with Gasteiger partial charge in [-0.3, -0.25) is 14.4 Å². The normalized spacial score (nSPS) is 11.9. The molecule has 0 aromatic carbocycles. The lowest BCUT2D eigenvalue weighted by molar-refractivity contribution is -0.167. The molecule has 0 aliphatic carbocycles. The first kappa shape index (κ1) is 58.4. The van der Waals surface area contributed by atoms with Crippen molar-refractivity contribution in [2.24, 2.45) is 5.92 Å². The SMILES string of the molecule is CCCCCCCCCCCCCCCCCCCC(=O)OC[C@@H](COC(=O)CCCCCCCCCCCCCCCCCC)OC(=O)CCCCCCCCC(C)C. The maximum Gasteiger partial charge on any atom is 0.306 e. The van der Waals surface area contributed by atoms with E-state index in [2.05, 4.69) is 27.7 Å². The summed E-state index contributed by atoms with van der Waals surface area (Å²) in [6, 6.07) is 0. The predicted octanol–water partition coefficient (Wildman–Crippen LogP) is 17.5. The molecule has 0 saturated heterocycles. The largest absolute Gasteiger partial charge is 0.462 e. The van der Waals surface area contributed by atoms with E-state index < -0.39 is 6.10 Å². The predicted molar refractivity (Wildman–Crippen MR) is 257 cm³/mol. The molecular formula is C54H104O6. The summed E-state index contributed by atoms with van der Waals surface area (Å²) in [5, 5.41) is 0. The van der Waals surface area contributed by atoms with Crippen LogP contribution in [-0.4, -0.2) is 37.2 Å². The number of carbonyl (C=O) groups excluding carboxylic acids is 3. The Labute approximate surface area is 374 Å². The van der Waals surface area contributed by atoms with Gasteiger partial charge in [-0.25, -0.2) is 0 Å². The number of hydrogen-bond acceptors (Lipinski definition) is 6. The summed E-state index contributed by atoms with van der Waals surface area (Å²) in [5.74, 6) is -0.0886. The first-order valence-corrected chi connectivity index (χ1v) is 26.9. The zero-order chi connectivity index (χ0) is 43.8. The summed E-state index contributed by atoms with van der Waals surface area (Å²) < 4.78 is 16.8. The van der Waals surface area contributed by atoms with Gasteiger partial charge < -0.3 is 14.2 Å². The van der Waals surface area contributed by atoms with Crippen LogP contribution in [0.4, 0.5) is 0 Å². The van der Waals surface area contributed by atoms with Crippen LogP contribution in [0.3, 0.4) is 0 Å². The van der Waals surface area contributed by atoms with Gasteiger partial charge in [-0.05, 0) is 25.2 Å². The second-order valence-electron chi connectivity index (χ2n) is 19.0. The van der Waals surface area contributed by atoms with Crippen molar-refractivity contribution in [1.29, 1.82) is 0 Å². The van der Waals surface area contributed by atoms with Crippen molar-refractivity contribution in [2.45, 2.75) is 310 Å². The molecule has 0 aliphatic heterocycles. The summed E-state index contributed by atoms with van der Waals surface area (Å²) in [6.07, 6.45) is 51.1. The molecule has 0 aromatic heterocycles. The van der Waals surface area contributed by atoms with Crippen molar-refractivity contribution in [3.8, 4) is 0 Å². The lowest BCUT2D eigenvalue weighted by Crippen LogP contribution is -2.30. The highest BCUT2D eigenvalue weighted by atomic mass is 16.6. The molecule has 60 heavy (non-hydrogen) atoms. The number of esters is 3. The first-order valence-electron chi connectivity index (χ1n) is 26.9. The summed E-state index contributed by atoms with van der Waals surface area (Å²) >= 11 is 0. The summed E-state index contributed by atoms with van der Waals surface area (Å²) in [7, 11) is 0. The molecule has 0 rings (SSSR count). The highest BCUT2D eigenvalue weighted by molar-refractivity contribution is 5.71. The van der Waals surface area contributed by atoms with E-state index in [9.17, 15) is 14.4 Å². The van der Waals surface area contributed by atoms with E-state index >= 15 is 0 Å². The Morgan fingerprint density at radius 1 is 0.317 bits per heavy atom. The Bertz CT molecular complexity index is 903. The highest BCUT2D eigenvalue weighted by Crippen LogP contribution is 2.17. The van der Waals surface area contributed by atoms with Gasteiger partial charge in [0, 0.05) is 19.3 Å². The van der Waals surface area contributed by atoms with E-state index in [0.717, 1.165) is 63.7 Å². The Hall–Kier alpha value is -1.59. The van der Waals surface area contributed by atoms with E-state index in [0.29, 0.717) is 19.3 Å². The fraction of sp³-hybridized carbons (Fsp3) is 0.944. The molecule has 0 aliphatic rings. The monoisotopic (exact) mass is 849 g/mol. The summed E-state index contributed by atoms with van der Waals surface area (Å²) in [5.41, 5.74) is 0. The van der Waals surface area contributed by atoms with Gasteiger partial charge in [-0.2, -0.15) is 0 Å². The second-order valence-corrected chi connectivity index (χ2v) is 19.0. The first-order chi connectivity index (χ1) is 29.4. The third-order valence-corrected chi connectivity index (χ3v) is 12.3. The van der Waals surface area contributed by atoms with Gasteiger partial charge in [0.15, 0.2) is 6.10 Å². The van der Waals surface area contributed by atoms with Crippen LogP contribution in [0.25, 0.3) is 0 Å². The van der Waals surface area contributed by atoms with Crippen molar-refractivity contribution in [3.05, 3.63) is 0 Å². The number of carbonyl (C=O) groups is 3. The highest BCUT2D eigenvalue weighted by Gasteiger charge is 2.19. The minimum atomic E-state index is -0.761. The van der Waals surface area contributed by atoms with Gasteiger partial charge in [0.1, 0.15) is 13.2 Å². The van der Waals surface area contributed by atoms with E-state index in [4.69, 9.17) is 14.2 Å². The average Bonchev–Trinajstić information content (AvgIpc) is 3.23. The van der Waals surface area contributed by atoms with Crippen LogP contribution in [0.15, 0.2) is 0 Å². The number of rotatable bonds is 49. The van der Waals surface area contributed by atoms with Crippen molar-refractivity contribution in [3.63, 3.8) is 0 Å². The van der Waals surface area contributed by atoms with Crippen LogP contribution in [0, 0.1) is 5.92 Å². The topological polar surface area (TPSA) is 78.9 Å². The van der Waals surface area contributed by atoms with Gasteiger partial charge in [-0.15, -0.1) is 0 Å². The molecule has 0 heterocycles. The Kier molecular flexibility index (Phi) is 47.2. The number of ether oxygens (including phenoxy) is 3. The van der Waals surface area contributed by atoms with Crippen LogP contribution < -0.4 is 0 Å². The minimum absolute atomic E-state index is 0.0638. The molecule has 6 nitrogen and oxygen atoms in total. The Morgan fingerprint density at radius 3 is 0.817 bits per heavy atom. The van der Waals surface area contributed by atoms with E-state index in [1.807, 2.05) is 0 Å². The van der Waals surface area contributed by atoms with Crippen LogP contribution >= 0.6 is 0 Å². The van der Waals surface area contributed by atoms with Crippen LogP contribution in [0.5, 0.6) is 0 Å². The minimum Gasteiger partial charge on any atom is -0.462 e. The quantitative estimate of drug-likeness (QED) is 0.0345. The maximum absolute atomic E-state index is 12.7. The zero-order valence-corrected chi connectivity index (χ0v) is 40.9. The standard InChI is InChI=1S/C54H104O6/c1-5-7-9-11-13-15-17-19-21-23-25-27-29-31-33-38-42-46-53(56)59-49-51(60-54(57)47-43-39-35-34-36-40-44-50(3)4)48-58-52(55)45-41-37-32-30-28-26-24-22-20-18-16-14-12-10-8-6-2/h50-51H,5-49H2,1-4H3/t51-/m1/s1. The second kappa shape index (κ2) is 48.4. The molecule has 0 bridgehead atoms. The molecule has 1 atom stereocenters. The Morgan fingerprint density at radius 2 is 0.550 bits per heavy atom. The lowest BCUT2D eigenvalue weighted by atomic mass is 10.0. The molecular weight excluding hydrogens is 745 g/mol. The molecule has 6 heteroatoms. The molecule has 0 fully saturated rings. The zero-order valence-electron chi connectivity index (χ0n) is 40.9. The third kappa shape index (κ3) is 47.5. The average molecular weight is 849 g/mol. The molecule has 356 valence electrons. The van der Waals surface area contributed by atoms with Gasteiger partial charge >= 0.3 is 17.9 Å². The molecule has 0 radical (unpaired) electrons. The number of unbranched alkanes of at least 4 members (excludes halogenated alkanes) is 36. The molecule has 0 spiro atoms. The fourth-order valence-corrected chi connectivity index (χ4v) is 8.22. The van der Waals surface area contributed by atoms with E-state index in [1.54, 1.807) is 0 Å². The third-order valence-electron chi connectivity index (χ3n) is 12.3. The van der Waals surface area contributed by atoms with Gasteiger partial charge in [0.2, 0.25) is 0 Å². The van der Waals surface area contributed by atoms with Crippen molar-refractivity contribution >= 4 is 17.9 Å². The van der Waals surface area contributed by atoms with E-state index in [1.165, 1.54) is 199 Å². The molecule has 0 saturated carbocycles. The van der Waals surface area contributed by atoms with Gasteiger partial charge in [0.25, 0.3) is 0 Å². The summed E-state index contributed by atoms with van der Waals surface area (Å²) in [4.78, 5) is 37.9. The smallest absolute Gasteiger partial charge is 0.306 e. The Balaban J connectivity index is 4.21. The molecule has 0 aromatic rings. The van der Waals surface area contributed by atoms with Crippen molar-refractivity contribution in [2.75, 3.05) is 13.2 Å². The van der Waals surface area contributed by atoms with Crippen LogP contribution in [0.2, 0.25) is 0 Å². The molecule has 0 N–H and O–H groups in total. The van der Waals surface area contributed by atoms with Crippen LogP contribution in [-0.2, 0) is 28.6 Å². The van der Waals surface area contributed by atoms with Crippen molar-refractivity contribution < 1.29 is 28.6 Å². The lowest BCUT2D eigenvalue weighted by Gasteiger charge is -2.18. The van der Waals surface area contributed by atoms with Gasteiger partial charge in [0.05, 0.1) is 0 Å². The maximum atomic E-state index is 12.7. The summed E-state index contributed by atoms with van der Waals surface area (Å²) in [6.45, 7) is 8.97. The molecule has 0 unspecified atom stereocenters. The fourth-order valence-electron chi connectivity index (χ4n) is 8.22. The van der Waals surface area contributed by atoms with Gasteiger partial charge in [-0.1, -0.05) is 265 Å².